The second-order valence-electron chi connectivity index (χ2n) is 4.55. The summed E-state index contributed by atoms with van der Waals surface area (Å²) >= 11 is 0. The Kier molecular flexibility index (Phi) is 4.65. The normalized spacial score (nSPS) is 10.1. The molecule has 0 spiro atoms. The van der Waals surface area contributed by atoms with Crippen LogP contribution in [-0.4, -0.2) is 29.0 Å². The molecule has 2 N–H and O–H groups in total. The number of anilines is 1. The molecular formula is C15H18N4O. The van der Waals surface area contributed by atoms with Gasteiger partial charge >= 0.3 is 0 Å². The van der Waals surface area contributed by atoms with Crippen LogP contribution in [0.15, 0.2) is 36.7 Å². The van der Waals surface area contributed by atoms with Crippen molar-refractivity contribution >= 4 is 11.9 Å². The van der Waals surface area contributed by atoms with Crippen molar-refractivity contribution in [2.75, 3.05) is 18.4 Å². The van der Waals surface area contributed by atoms with E-state index in [1.165, 1.54) is 5.56 Å². The predicted octanol–water partition coefficient (Wildman–Crippen LogP) is 1.94. The highest BCUT2D eigenvalue weighted by atomic mass is 16.1. The summed E-state index contributed by atoms with van der Waals surface area (Å²) in [4.78, 5) is 20.0. The Morgan fingerprint density at radius 3 is 2.55 bits per heavy atom. The average Bonchev–Trinajstić information content (AvgIpc) is 2.47. The highest BCUT2D eigenvalue weighted by Gasteiger charge is 2.05. The van der Waals surface area contributed by atoms with Crippen LogP contribution in [-0.2, 0) is 0 Å². The first-order chi connectivity index (χ1) is 9.66. The number of carbonyl (C=O) groups is 1. The first-order valence-corrected chi connectivity index (χ1v) is 6.53. The summed E-state index contributed by atoms with van der Waals surface area (Å²) in [6.07, 6.45) is 3.34. The fraction of sp³-hybridized carbons (Fsp3) is 0.267. The smallest absolute Gasteiger partial charge is 0.251 e. The van der Waals surface area contributed by atoms with E-state index in [9.17, 15) is 4.79 Å². The summed E-state index contributed by atoms with van der Waals surface area (Å²) in [6, 6.07) is 7.46. The molecule has 0 aliphatic rings. The molecule has 104 valence electrons. The van der Waals surface area contributed by atoms with Gasteiger partial charge in [-0.15, -0.1) is 0 Å². The number of amides is 1. The van der Waals surface area contributed by atoms with Crippen molar-refractivity contribution < 1.29 is 4.79 Å². The van der Waals surface area contributed by atoms with Gasteiger partial charge < -0.3 is 10.6 Å². The Hall–Kier alpha value is -2.43. The topological polar surface area (TPSA) is 66.9 Å². The lowest BCUT2D eigenvalue weighted by Crippen LogP contribution is -2.29. The fourth-order valence-corrected chi connectivity index (χ4v) is 1.73. The molecule has 0 radical (unpaired) electrons. The molecule has 0 aliphatic heterocycles. The van der Waals surface area contributed by atoms with Crippen molar-refractivity contribution in [2.24, 2.45) is 0 Å². The van der Waals surface area contributed by atoms with Gasteiger partial charge in [0.15, 0.2) is 0 Å². The first-order valence-electron chi connectivity index (χ1n) is 6.53. The van der Waals surface area contributed by atoms with Crippen molar-refractivity contribution in [1.29, 1.82) is 0 Å². The van der Waals surface area contributed by atoms with E-state index < -0.39 is 0 Å². The number of hydrogen-bond donors (Lipinski definition) is 2. The van der Waals surface area contributed by atoms with Gasteiger partial charge in [-0.2, -0.15) is 0 Å². The number of nitrogens with zero attached hydrogens (tertiary/aromatic N) is 2. The number of aryl methyl sites for hydroxylation is 2. The molecule has 0 unspecified atom stereocenters. The van der Waals surface area contributed by atoms with Gasteiger partial charge in [-0.25, -0.2) is 9.97 Å². The van der Waals surface area contributed by atoms with Crippen LogP contribution in [0, 0.1) is 13.8 Å². The summed E-state index contributed by atoms with van der Waals surface area (Å²) < 4.78 is 0. The van der Waals surface area contributed by atoms with Gasteiger partial charge in [0.05, 0.1) is 0 Å². The van der Waals surface area contributed by atoms with E-state index in [0.29, 0.717) is 24.6 Å². The van der Waals surface area contributed by atoms with E-state index in [2.05, 4.69) is 20.6 Å². The van der Waals surface area contributed by atoms with Gasteiger partial charge in [-0.05, 0) is 43.2 Å². The van der Waals surface area contributed by atoms with Gasteiger partial charge in [0.1, 0.15) is 0 Å². The van der Waals surface area contributed by atoms with Crippen LogP contribution in [0.4, 0.5) is 5.95 Å². The molecule has 0 atom stereocenters. The quantitative estimate of drug-likeness (QED) is 0.815. The van der Waals surface area contributed by atoms with Crippen molar-refractivity contribution in [3.63, 3.8) is 0 Å². The van der Waals surface area contributed by atoms with Gasteiger partial charge in [0.2, 0.25) is 5.95 Å². The molecule has 0 fully saturated rings. The maximum Gasteiger partial charge on any atom is 0.251 e. The molecule has 2 aromatic rings. The standard InChI is InChI=1S/C15H18N4O/c1-11-4-5-13(10-12(11)2)14(20)16-8-9-19-15-17-6-3-7-18-15/h3-7,10H,8-9H2,1-2H3,(H,16,20)(H,17,18,19). The van der Waals surface area contributed by atoms with Crippen molar-refractivity contribution in [2.45, 2.75) is 13.8 Å². The Morgan fingerprint density at radius 1 is 1.10 bits per heavy atom. The summed E-state index contributed by atoms with van der Waals surface area (Å²) in [7, 11) is 0. The molecule has 1 heterocycles. The number of nitrogens with one attached hydrogen (secondary N) is 2. The lowest BCUT2D eigenvalue weighted by Gasteiger charge is -2.08. The van der Waals surface area contributed by atoms with Crippen LogP contribution in [0.1, 0.15) is 21.5 Å². The molecule has 0 saturated carbocycles. The third kappa shape index (κ3) is 3.78. The Labute approximate surface area is 118 Å². The van der Waals surface area contributed by atoms with Crippen molar-refractivity contribution in [1.82, 2.24) is 15.3 Å². The van der Waals surface area contributed by atoms with E-state index in [4.69, 9.17) is 0 Å². The Morgan fingerprint density at radius 2 is 1.85 bits per heavy atom. The van der Waals surface area contributed by atoms with Crippen LogP contribution >= 0.6 is 0 Å². The van der Waals surface area contributed by atoms with Crippen LogP contribution in [0.5, 0.6) is 0 Å². The number of hydrogen-bond acceptors (Lipinski definition) is 4. The third-order valence-corrected chi connectivity index (χ3v) is 3.03. The summed E-state index contributed by atoms with van der Waals surface area (Å²) in [5, 5.41) is 5.89. The highest BCUT2D eigenvalue weighted by molar-refractivity contribution is 5.94. The monoisotopic (exact) mass is 270 g/mol. The van der Waals surface area contributed by atoms with E-state index >= 15 is 0 Å². The molecule has 1 aromatic carbocycles. The van der Waals surface area contributed by atoms with Crippen molar-refractivity contribution in [3.8, 4) is 0 Å². The molecule has 2 rings (SSSR count). The highest BCUT2D eigenvalue weighted by Crippen LogP contribution is 2.09. The summed E-state index contributed by atoms with van der Waals surface area (Å²) in [5.41, 5.74) is 2.99. The minimum atomic E-state index is -0.0659. The van der Waals surface area contributed by atoms with Crippen LogP contribution < -0.4 is 10.6 Å². The van der Waals surface area contributed by atoms with E-state index in [1.807, 2.05) is 32.0 Å². The van der Waals surface area contributed by atoms with Gasteiger partial charge in [0.25, 0.3) is 5.91 Å². The fourth-order valence-electron chi connectivity index (χ4n) is 1.73. The molecule has 1 amide bonds. The Bertz CT molecular complexity index is 584. The second-order valence-corrected chi connectivity index (χ2v) is 4.55. The molecule has 20 heavy (non-hydrogen) atoms. The Balaban J connectivity index is 1.79. The SMILES string of the molecule is Cc1ccc(C(=O)NCCNc2ncccn2)cc1C. The zero-order valence-electron chi connectivity index (χ0n) is 11.7. The molecule has 0 aliphatic carbocycles. The minimum Gasteiger partial charge on any atom is -0.352 e. The van der Waals surface area contributed by atoms with Crippen LogP contribution in [0.3, 0.4) is 0 Å². The molecule has 1 aromatic heterocycles. The van der Waals surface area contributed by atoms with Crippen LogP contribution in [0.25, 0.3) is 0 Å². The average molecular weight is 270 g/mol. The molecule has 5 nitrogen and oxygen atoms in total. The third-order valence-electron chi connectivity index (χ3n) is 3.03. The predicted molar refractivity (Wildman–Crippen MR) is 78.8 cm³/mol. The van der Waals surface area contributed by atoms with Crippen LogP contribution in [0.2, 0.25) is 0 Å². The number of benzene rings is 1. The molecule has 5 heteroatoms. The lowest BCUT2D eigenvalue weighted by molar-refractivity contribution is 0.0955. The van der Waals surface area contributed by atoms with Gasteiger partial charge in [-0.1, -0.05) is 6.07 Å². The zero-order chi connectivity index (χ0) is 14.4. The molecule has 0 bridgehead atoms. The largest absolute Gasteiger partial charge is 0.352 e. The van der Waals surface area contributed by atoms with Gasteiger partial charge in [-0.3, -0.25) is 4.79 Å². The zero-order valence-corrected chi connectivity index (χ0v) is 11.7. The maximum atomic E-state index is 11.9. The second kappa shape index (κ2) is 6.65. The van der Waals surface area contributed by atoms with Gasteiger partial charge in [0, 0.05) is 31.0 Å². The number of rotatable bonds is 5. The number of aromatic nitrogens is 2. The van der Waals surface area contributed by atoms with Crippen molar-refractivity contribution in [3.05, 3.63) is 53.3 Å². The molecule has 0 saturated heterocycles. The van der Waals surface area contributed by atoms with E-state index in [0.717, 1.165) is 5.56 Å². The number of carbonyl (C=O) groups excluding carboxylic acids is 1. The van der Waals surface area contributed by atoms with E-state index in [-0.39, 0.29) is 5.91 Å². The maximum absolute atomic E-state index is 11.9. The molecular weight excluding hydrogens is 252 g/mol. The lowest BCUT2D eigenvalue weighted by atomic mass is 10.1. The van der Waals surface area contributed by atoms with E-state index in [1.54, 1.807) is 18.5 Å². The summed E-state index contributed by atoms with van der Waals surface area (Å²) in [5.74, 6) is 0.497. The first kappa shape index (κ1) is 14.0. The minimum absolute atomic E-state index is 0.0659. The summed E-state index contributed by atoms with van der Waals surface area (Å²) in [6.45, 7) is 5.13.